The Kier molecular flexibility index (Phi) is 52.5. The molecule has 0 amide bonds. The number of ether oxygens (including phenoxy) is 3. The molecule has 0 heterocycles. The van der Waals surface area contributed by atoms with E-state index >= 15 is 0 Å². The molecule has 0 aliphatic carbocycles. The summed E-state index contributed by atoms with van der Waals surface area (Å²) >= 11 is 0. The molecular formula is C63H100O6. The number of carbonyl (C=O) groups is 3. The molecule has 0 N–H and O–H groups in total. The van der Waals surface area contributed by atoms with Crippen molar-refractivity contribution in [1.82, 2.24) is 0 Å². The molecule has 0 aromatic rings. The summed E-state index contributed by atoms with van der Waals surface area (Å²) in [6.07, 6.45) is 78.6. The monoisotopic (exact) mass is 953 g/mol. The Bertz CT molecular complexity index is 1510. The lowest BCUT2D eigenvalue weighted by Gasteiger charge is -2.18. The fraction of sp³-hybridized carbons (Fsp3) is 0.603. The molecule has 0 aliphatic rings. The second kappa shape index (κ2) is 56.1. The molecule has 0 saturated carbocycles. The van der Waals surface area contributed by atoms with Crippen LogP contribution in [0.3, 0.4) is 0 Å². The van der Waals surface area contributed by atoms with Gasteiger partial charge in [-0.25, -0.2) is 0 Å². The van der Waals surface area contributed by atoms with E-state index in [2.05, 4.69) is 81.5 Å². The Hall–Kier alpha value is -4.45. The molecule has 1 unspecified atom stereocenters. The van der Waals surface area contributed by atoms with Crippen molar-refractivity contribution in [2.75, 3.05) is 13.2 Å². The lowest BCUT2D eigenvalue weighted by Crippen LogP contribution is -2.30. The van der Waals surface area contributed by atoms with Gasteiger partial charge in [-0.3, -0.25) is 14.4 Å². The molecule has 6 nitrogen and oxygen atoms in total. The minimum absolute atomic E-state index is 0.113. The Morgan fingerprint density at radius 3 is 1.09 bits per heavy atom. The standard InChI is InChI=1S/C63H100O6/c1-4-7-10-13-16-19-22-25-28-30-32-34-35-38-41-44-47-50-53-56-62(65)68-59-60(58-67-61(64)55-52-49-46-43-40-37-27-24-21-18-15-12-9-6-3)69-63(66)57-54-51-48-45-42-39-36-33-31-29-26-23-20-17-14-11-8-5-2/h7,9-10,12-13,16,18-19,21-22,25,27-28,30,32-38,41,60H,4-6,8,11,14-15,17,20,23-24,26,29,31,39-40,42-59H2,1-3H3/b10-7-,12-9-,16-13-,21-18-,22-19-,28-25-,32-30+,35-34-,36-33-,37-27-,41-38-. The summed E-state index contributed by atoms with van der Waals surface area (Å²) in [5.74, 6) is -0.992. The summed E-state index contributed by atoms with van der Waals surface area (Å²) in [5.41, 5.74) is 0. The molecule has 0 fully saturated rings. The summed E-state index contributed by atoms with van der Waals surface area (Å²) < 4.78 is 16.8. The smallest absolute Gasteiger partial charge is 0.306 e. The molecule has 0 spiro atoms. The molecule has 6 heteroatoms. The summed E-state index contributed by atoms with van der Waals surface area (Å²) in [7, 11) is 0. The Labute approximate surface area is 424 Å². The summed E-state index contributed by atoms with van der Waals surface area (Å²) in [5, 5.41) is 0. The van der Waals surface area contributed by atoms with Gasteiger partial charge < -0.3 is 14.2 Å². The van der Waals surface area contributed by atoms with Crippen LogP contribution in [0, 0.1) is 0 Å². The van der Waals surface area contributed by atoms with Crippen LogP contribution in [0.4, 0.5) is 0 Å². The van der Waals surface area contributed by atoms with Crippen molar-refractivity contribution in [3.63, 3.8) is 0 Å². The van der Waals surface area contributed by atoms with Crippen LogP contribution in [0.15, 0.2) is 134 Å². The van der Waals surface area contributed by atoms with Crippen molar-refractivity contribution in [1.29, 1.82) is 0 Å². The lowest BCUT2D eigenvalue weighted by molar-refractivity contribution is -0.167. The largest absolute Gasteiger partial charge is 0.462 e. The third-order valence-corrected chi connectivity index (χ3v) is 11.3. The highest BCUT2D eigenvalue weighted by Crippen LogP contribution is 2.14. The molecule has 69 heavy (non-hydrogen) atoms. The van der Waals surface area contributed by atoms with Gasteiger partial charge in [0.05, 0.1) is 0 Å². The normalized spacial score (nSPS) is 13.1. The predicted molar refractivity (Wildman–Crippen MR) is 297 cm³/mol. The van der Waals surface area contributed by atoms with Crippen molar-refractivity contribution >= 4 is 17.9 Å². The number of hydrogen-bond donors (Lipinski definition) is 0. The van der Waals surface area contributed by atoms with Gasteiger partial charge in [0.25, 0.3) is 0 Å². The molecule has 1 atom stereocenters. The predicted octanol–water partition coefficient (Wildman–Crippen LogP) is 18.6. The number of unbranched alkanes of at least 4 members (excludes halogenated alkanes) is 21. The molecule has 0 aromatic carbocycles. The van der Waals surface area contributed by atoms with Crippen molar-refractivity contribution < 1.29 is 28.6 Å². The molecule has 0 radical (unpaired) electrons. The van der Waals surface area contributed by atoms with E-state index in [4.69, 9.17) is 14.2 Å². The van der Waals surface area contributed by atoms with Gasteiger partial charge in [-0.1, -0.05) is 244 Å². The van der Waals surface area contributed by atoms with E-state index in [1.807, 2.05) is 72.9 Å². The zero-order valence-electron chi connectivity index (χ0n) is 44.3. The van der Waals surface area contributed by atoms with Crippen LogP contribution in [0.25, 0.3) is 0 Å². The number of rotatable bonds is 48. The average molecular weight is 953 g/mol. The van der Waals surface area contributed by atoms with Crippen LogP contribution < -0.4 is 0 Å². The quantitative estimate of drug-likeness (QED) is 0.0199. The van der Waals surface area contributed by atoms with Crippen molar-refractivity contribution in [2.45, 2.75) is 232 Å². The Balaban J connectivity index is 4.55. The minimum atomic E-state index is -0.816. The third-order valence-electron chi connectivity index (χ3n) is 11.3. The SMILES string of the molecule is CC\C=C/C=C\C=C/C=C\C=C\C=C/C=C\CCCCCC(=O)OCC(COC(=O)CCCCCC/C=C\C/C=C\C/C=C\CC)OC(=O)CCCCCCC/C=C\CCCCCCCCCCC. The van der Waals surface area contributed by atoms with Gasteiger partial charge in [0.2, 0.25) is 0 Å². The first-order valence-electron chi connectivity index (χ1n) is 27.8. The Morgan fingerprint density at radius 1 is 0.319 bits per heavy atom. The third kappa shape index (κ3) is 54.4. The maximum Gasteiger partial charge on any atom is 0.306 e. The highest BCUT2D eigenvalue weighted by Gasteiger charge is 2.19. The van der Waals surface area contributed by atoms with Gasteiger partial charge in [-0.05, 0) is 96.3 Å². The van der Waals surface area contributed by atoms with Crippen LogP contribution >= 0.6 is 0 Å². The van der Waals surface area contributed by atoms with Gasteiger partial charge in [0.15, 0.2) is 6.10 Å². The van der Waals surface area contributed by atoms with Gasteiger partial charge in [-0.15, -0.1) is 0 Å². The first-order valence-corrected chi connectivity index (χ1v) is 27.8. The lowest BCUT2D eigenvalue weighted by atomic mass is 10.1. The van der Waals surface area contributed by atoms with Crippen molar-refractivity contribution in [2.24, 2.45) is 0 Å². The number of hydrogen-bond acceptors (Lipinski definition) is 6. The van der Waals surface area contributed by atoms with Crippen LogP contribution in [0.2, 0.25) is 0 Å². The molecule has 0 bridgehead atoms. The first-order chi connectivity index (χ1) is 34.0. The van der Waals surface area contributed by atoms with Crippen LogP contribution in [-0.4, -0.2) is 37.2 Å². The van der Waals surface area contributed by atoms with Gasteiger partial charge in [0.1, 0.15) is 13.2 Å². The van der Waals surface area contributed by atoms with E-state index in [0.717, 1.165) is 116 Å². The summed E-state index contributed by atoms with van der Waals surface area (Å²) in [4.78, 5) is 38.1. The second-order valence-electron chi connectivity index (χ2n) is 17.9. The fourth-order valence-electron chi connectivity index (χ4n) is 7.20. The van der Waals surface area contributed by atoms with Crippen molar-refractivity contribution in [3.8, 4) is 0 Å². The van der Waals surface area contributed by atoms with Crippen LogP contribution in [-0.2, 0) is 28.6 Å². The first kappa shape index (κ1) is 64.5. The zero-order valence-corrected chi connectivity index (χ0v) is 44.3. The summed E-state index contributed by atoms with van der Waals surface area (Å²) in [6.45, 7) is 6.31. The topological polar surface area (TPSA) is 78.9 Å². The van der Waals surface area contributed by atoms with Crippen LogP contribution in [0.5, 0.6) is 0 Å². The van der Waals surface area contributed by atoms with Gasteiger partial charge in [-0.2, -0.15) is 0 Å². The highest BCUT2D eigenvalue weighted by atomic mass is 16.6. The number of carbonyl (C=O) groups excluding carboxylic acids is 3. The number of esters is 3. The van der Waals surface area contributed by atoms with E-state index in [-0.39, 0.29) is 31.1 Å². The average Bonchev–Trinajstić information content (AvgIpc) is 3.35. The summed E-state index contributed by atoms with van der Waals surface area (Å²) in [6, 6.07) is 0. The van der Waals surface area contributed by atoms with E-state index in [1.54, 1.807) is 0 Å². The van der Waals surface area contributed by atoms with Crippen molar-refractivity contribution in [3.05, 3.63) is 134 Å². The molecule has 0 rings (SSSR count). The van der Waals surface area contributed by atoms with Gasteiger partial charge in [0, 0.05) is 19.3 Å². The maximum absolute atomic E-state index is 12.9. The van der Waals surface area contributed by atoms with E-state index in [9.17, 15) is 14.4 Å². The highest BCUT2D eigenvalue weighted by molar-refractivity contribution is 5.71. The van der Waals surface area contributed by atoms with E-state index in [1.165, 1.54) is 70.6 Å². The molecular weight excluding hydrogens is 853 g/mol. The van der Waals surface area contributed by atoms with E-state index in [0.29, 0.717) is 19.3 Å². The molecule has 388 valence electrons. The number of allylic oxidation sites excluding steroid dienone is 22. The molecule has 0 saturated heterocycles. The van der Waals surface area contributed by atoms with Crippen LogP contribution in [0.1, 0.15) is 226 Å². The maximum atomic E-state index is 12.9. The fourth-order valence-corrected chi connectivity index (χ4v) is 7.20. The Morgan fingerprint density at radius 2 is 0.638 bits per heavy atom. The van der Waals surface area contributed by atoms with Gasteiger partial charge >= 0.3 is 17.9 Å². The molecule has 0 aliphatic heterocycles. The van der Waals surface area contributed by atoms with E-state index < -0.39 is 6.10 Å². The minimum Gasteiger partial charge on any atom is -0.462 e. The zero-order chi connectivity index (χ0) is 50.0. The second-order valence-corrected chi connectivity index (χ2v) is 17.9. The molecule has 0 aromatic heterocycles.